The molecule has 0 aliphatic carbocycles. The summed E-state index contributed by atoms with van der Waals surface area (Å²) in [5.41, 5.74) is 2.91. The van der Waals surface area contributed by atoms with Gasteiger partial charge in [0.2, 0.25) is 0 Å². The van der Waals surface area contributed by atoms with Crippen molar-refractivity contribution in [3.05, 3.63) is 41.2 Å². The van der Waals surface area contributed by atoms with Gasteiger partial charge in [-0.1, -0.05) is 29.5 Å². The predicted octanol–water partition coefficient (Wildman–Crippen LogP) is 2.80. The smallest absolute Gasteiger partial charge is 0.186 e. The first-order valence-electron chi connectivity index (χ1n) is 6.11. The number of hydrogen-bond donors (Lipinski definition) is 0. The maximum Gasteiger partial charge on any atom is 0.186 e. The van der Waals surface area contributed by atoms with Gasteiger partial charge >= 0.3 is 0 Å². The van der Waals surface area contributed by atoms with Crippen molar-refractivity contribution in [2.75, 3.05) is 0 Å². The van der Waals surface area contributed by atoms with Crippen molar-refractivity contribution >= 4 is 17.5 Å². The van der Waals surface area contributed by atoms with Crippen molar-refractivity contribution in [2.45, 2.75) is 31.2 Å². The average Bonchev–Trinajstić information content (AvgIpc) is 2.77. The minimum absolute atomic E-state index is 0.134. The van der Waals surface area contributed by atoms with Crippen molar-refractivity contribution in [3.8, 4) is 0 Å². The maximum atomic E-state index is 12.5. The molecule has 19 heavy (non-hydrogen) atoms. The van der Waals surface area contributed by atoms with Crippen molar-refractivity contribution in [1.29, 1.82) is 0 Å². The molecular formula is C14H17N3OS. The second-order valence-electron chi connectivity index (χ2n) is 4.61. The molecule has 0 spiro atoms. The molecule has 1 aromatic carbocycles. The van der Waals surface area contributed by atoms with Crippen molar-refractivity contribution in [2.24, 2.45) is 7.05 Å². The lowest BCUT2D eigenvalue weighted by molar-refractivity contribution is 0.0993. The fourth-order valence-electron chi connectivity index (χ4n) is 1.82. The van der Waals surface area contributed by atoms with E-state index in [1.54, 1.807) is 4.68 Å². The zero-order valence-electron chi connectivity index (χ0n) is 11.5. The Morgan fingerprint density at radius 3 is 2.74 bits per heavy atom. The quantitative estimate of drug-likeness (QED) is 0.636. The van der Waals surface area contributed by atoms with E-state index in [2.05, 4.69) is 10.1 Å². The van der Waals surface area contributed by atoms with E-state index in [1.807, 2.05) is 46.0 Å². The van der Waals surface area contributed by atoms with Crippen LogP contribution in [0.1, 0.15) is 28.4 Å². The van der Waals surface area contributed by atoms with Gasteiger partial charge in [-0.2, -0.15) is 5.10 Å². The van der Waals surface area contributed by atoms with Crippen LogP contribution >= 0.6 is 11.8 Å². The molecule has 100 valence electrons. The Bertz CT molecular complexity index is 606. The number of Topliss-reactive ketones (excluding diaryl/α,β-unsaturated/α-hetero) is 1. The number of benzene rings is 1. The number of rotatable bonds is 4. The summed E-state index contributed by atoms with van der Waals surface area (Å²) in [6, 6.07) is 5.96. The van der Waals surface area contributed by atoms with Gasteiger partial charge in [0.05, 0.1) is 5.25 Å². The first-order valence-corrected chi connectivity index (χ1v) is 6.99. The van der Waals surface area contributed by atoms with E-state index in [0.717, 1.165) is 21.8 Å². The summed E-state index contributed by atoms with van der Waals surface area (Å²) in [7, 11) is 1.82. The molecule has 1 heterocycles. The molecule has 0 radical (unpaired) electrons. The predicted molar refractivity (Wildman–Crippen MR) is 76.6 cm³/mol. The van der Waals surface area contributed by atoms with Crippen LogP contribution in [0.4, 0.5) is 0 Å². The molecule has 0 aliphatic rings. The first kappa shape index (κ1) is 13.8. The normalized spacial score (nSPS) is 12.4. The third-order valence-corrected chi connectivity index (χ3v) is 4.13. The molecule has 4 nitrogen and oxygen atoms in total. The SMILES string of the molecule is Cc1ccc(C)c(C(=O)C(C)Sc2ncnn2C)c1. The van der Waals surface area contributed by atoms with Crippen LogP contribution in [0.2, 0.25) is 0 Å². The van der Waals surface area contributed by atoms with E-state index in [0.29, 0.717) is 0 Å². The summed E-state index contributed by atoms with van der Waals surface area (Å²) in [5, 5.41) is 4.59. The van der Waals surface area contributed by atoms with Crippen LogP contribution in [0.5, 0.6) is 0 Å². The number of aryl methyl sites for hydroxylation is 3. The van der Waals surface area contributed by atoms with Crippen molar-refractivity contribution in [3.63, 3.8) is 0 Å². The Balaban J connectivity index is 2.19. The van der Waals surface area contributed by atoms with Gasteiger partial charge in [-0.3, -0.25) is 4.79 Å². The summed E-state index contributed by atoms with van der Waals surface area (Å²) in [5.74, 6) is 0.134. The van der Waals surface area contributed by atoms with Crippen LogP contribution in [0.25, 0.3) is 0 Å². The average molecular weight is 275 g/mol. The third kappa shape index (κ3) is 3.04. The highest BCUT2D eigenvalue weighted by molar-refractivity contribution is 8.00. The van der Waals surface area contributed by atoms with Gasteiger partial charge < -0.3 is 0 Å². The van der Waals surface area contributed by atoms with E-state index >= 15 is 0 Å². The first-order chi connectivity index (χ1) is 8.99. The highest BCUT2D eigenvalue weighted by Crippen LogP contribution is 2.24. The van der Waals surface area contributed by atoms with Crippen LogP contribution in [0.15, 0.2) is 29.7 Å². The molecule has 5 heteroatoms. The summed E-state index contributed by atoms with van der Waals surface area (Å²) < 4.78 is 1.68. The van der Waals surface area contributed by atoms with Crippen molar-refractivity contribution in [1.82, 2.24) is 14.8 Å². The monoisotopic (exact) mass is 275 g/mol. The second kappa shape index (κ2) is 5.57. The Labute approximate surface area is 117 Å². The number of hydrogen-bond acceptors (Lipinski definition) is 4. The molecule has 2 rings (SSSR count). The molecule has 0 bridgehead atoms. The van der Waals surface area contributed by atoms with Crippen LogP contribution in [-0.4, -0.2) is 25.8 Å². The molecule has 0 saturated carbocycles. The van der Waals surface area contributed by atoms with E-state index in [9.17, 15) is 4.79 Å². The fraction of sp³-hybridized carbons (Fsp3) is 0.357. The molecular weight excluding hydrogens is 258 g/mol. The lowest BCUT2D eigenvalue weighted by Crippen LogP contribution is -2.16. The zero-order valence-corrected chi connectivity index (χ0v) is 12.4. The molecule has 2 aromatic rings. The van der Waals surface area contributed by atoms with Gasteiger partial charge in [0.15, 0.2) is 10.9 Å². The summed E-state index contributed by atoms with van der Waals surface area (Å²) in [6.07, 6.45) is 1.50. The number of carbonyl (C=O) groups is 1. The third-order valence-electron chi connectivity index (χ3n) is 2.98. The number of ketones is 1. The minimum Gasteiger partial charge on any atom is -0.293 e. The Morgan fingerprint density at radius 1 is 1.37 bits per heavy atom. The Morgan fingerprint density at radius 2 is 2.11 bits per heavy atom. The summed E-state index contributed by atoms with van der Waals surface area (Å²) in [4.78, 5) is 16.6. The molecule has 1 aromatic heterocycles. The second-order valence-corrected chi connectivity index (χ2v) is 5.92. The van der Waals surface area contributed by atoms with Gasteiger partial charge in [-0.05, 0) is 32.4 Å². The molecule has 0 saturated heterocycles. The topological polar surface area (TPSA) is 47.8 Å². The van der Waals surface area contributed by atoms with E-state index in [4.69, 9.17) is 0 Å². The molecule has 0 fully saturated rings. The van der Waals surface area contributed by atoms with Gasteiger partial charge in [-0.15, -0.1) is 0 Å². The number of nitrogens with zero attached hydrogens (tertiary/aromatic N) is 3. The number of thioether (sulfide) groups is 1. The molecule has 0 N–H and O–H groups in total. The van der Waals surface area contributed by atoms with Gasteiger partial charge in [0, 0.05) is 12.6 Å². The van der Waals surface area contributed by atoms with Gasteiger partial charge in [0.25, 0.3) is 0 Å². The Kier molecular flexibility index (Phi) is 4.04. The lowest BCUT2D eigenvalue weighted by atomic mass is 10.0. The summed E-state index contributed by atoms with van der Waals surface area (Å²) in [6.45, 7) is 5.87. The number of aromatic nitrogens is 3. The van der Waals surface area contributed by atoms with E-state index < -0.39 is 0 Å². The largest absolute Gasteiger partial charge is 0.293 e. The molecule has 0 amide bonds. The van der Waals surface area contributed by atoms with Crippen LogP contribution in [-0.2, 0) is 7.05 Å². The standard InChI is InChI=1S/C14H17N3OS/c1-9-5-6-10(2)12(7-9)13(18)11(3)19-14-15-8-16-17(14)4/h5-8,11H,1-4H3. The molecule has 1 unspecified atom stereocenters. The fourth-order valence-corrected chi connectivity index (χ4v) is 2.68. The van der Waals surface area contributed by atoms with Crippen LogP contribution < -0.4 is 0 Å². The molecule has 1 atom stereocenters. The van der Waals surface area contributed by atoms with Crippen molar-refractivity contribution < 1.29 is 4.79 Å². The molecule has 0 aliphatic heterocycles. The lowest BCUT2D eigenvalue weighted by Gasteiger charge is -2.12. The number of carbonyl (C=O) groups excluding carboxylic acids is 1. The Hall–Kier alpha value is -1.62. The zero-order chi connectivity index (χ0) is 14.0. The van der Waals surface area contributed by atoms with E-state index in [1.165, 1.54) is 18.1 Å². The highest BCUT2D eigenvalue weighted by Gasteiger charge is 2.20. The van der Waals surface area contributed by atoms with Crippen LogP contribution in [0.3, 0.4) is 0 Å². The highest BCUT2D eigenvalue weighted by atomic mass is 32.2. The van der Waals surface area contributed by atoms with Gasteiger partial charge in [-0.25, -0.2) is 9.67 Å². The van der Waals surface area contributed by atoms with Crippen LogP contribution in [0, 0.1) is 13.8 Å². The maximum absolute atomic E-state index is 12.5. The summed E-state index contributed by atoms with van der Waals surface area (Å²) >= 11 is 1.43. The van der Waals surface area contributed by atoms with Gasteiger partial charge in [0.1, 0.15) is 6.33 Å². The minimum atomic E-state index is -0.177. The van der Waals surface area contributed by atoms with E-state index in [-0.39, 0.29) is 11.0 Å².